The van der Waals surface area contributed by atoms with E-state index in [0.29, 0.717) is 29.6 Å². The molecule has 156 valence electrons. The lowest BCUT2D eigenvalue weighted by molar-refractivity contribution is -0.136. The number of halogens is 1. The number of nitrogens with zero attached hydrogens (tertiary/aromatic N) is 3. The van der Waals surface area contributed by atoms with Crippen LogP contribution in [0, 0.1) is 0 Å². The third-order valence-corrected chi connectivity index (χ3v) is 5.38. The van der Waals surface area contributed by atoms with Gasteiger partial charge in [0.1, 0.15) is 18.3 Å². The van der Waals surface area contributed by atoms with Gasteiger partial charge in [0.2, 0.25) is 11.8 Å². The summed E-state index contributed by atoms with van der Waals surface area (Å²) in [5.74, 6) is 0.972. The number of carbonyl (C=O) groups excluding carboxylic acids is 1. The van der Waals surface area contributed by atoms with Gasteiger partial charge >= 0.3 is 5.69 Å². The summed E-state index contributed by atoms with van der Waals surface area (Å²) >= 11 is 6.04. The molecule has 1 N–H and O–H groups in total. The Morgan fingerprint density at radius 3 is 2.93 bits per heavy atom. The molecular weight excluding hydrogens is 408 g/mol. The molecule has 0 bridgehead atoms. The number of aromatic amines is 1. The lowest BCUT2D eigenvalue weighted by atomic mass is 10.0. The lowest BCUT2D eigenvalue weighted by Crippen LogP contribution is -2.42. The number of likely N-dealkylation sites (tertiary alicyclic amines) is 1. The Morgan fingerprint density at radius 2 is 2.13 bits per heavy atom. The molecule has 1 fully saturated rings. The molecule has 1 aliphatic rings. The van der Waals surface area contributed by atoms with Crippen molar-refractivity contribution in [1.82, 2.24) is 19.4 Å². The molecule has 3 aromatic rings. The van der Waals surface area contributed by atoms with Gasteiger partial charge in [-0.3, -0.25) is 19.1 Å². The van der Waals surface area contributed by atoms with Gasteiger partial charge in [0.25, 0.3) is 5.56 Å². The summed E-state index contributed by atoms with van der Waals surface area (Å²) < 4.78 is 7.16. The fourth-order valence-electron chi connectivity index (χ4n) is 3.70. The second kappa shape index (κ2) is 8.71. The van der Waals surface area contributed by atoms with E-state index in [9.17, 15) is 14.4 Å². The number of hydrogen-bond donors (Lipinski definition) is 1. The highest BCUT2D eigenvalue weighted by Gasteiger charge is 2.31. The van der Waals surface area contributed by atoms with E-state index in [-0.39, 0.29) is 18.5 Å². The largest absolute Gasteiger partial charge is 0.443 e. The zero-order valence-electron chi connectivity index (χ0n) is 16.2. The first kappa shape index (κ1) is 20.2. The second-order valence-corrected chi connectivity index (χ2v) is 7.74. The molecule has 0 aliphatic carbocycles. The molecule has 1 saturated heterocycles. The van der Waals surface area contributed by atoms with Crippen molar-refractivity contribution in [3.05, 3.63) is 85.8 Å². The summed E-state index contributed by atoms with van der Waals surface area (Å²) in [6, 6.07) is 8.48. The van der Waals surface area contributed by atoms with E-state index in [4.69, 9.17) is 16.0 Å². The monoisotopic (exact) mass is 428 g/mol. The lowest BCUT2D eigenvalue weighted by Gasteiger charge is -2.33. The van der Waals surface area contributed by atoms with Crippen LogP contribution in [0.4, 0.5) is 0 Å². The van der Waals surface area contributed by atoms with Crippen molar-refractivity contribution >= 4 is 17.5 Å². The molecule has 9 heteroatoms. The van der Waals surface area contributed by atoms with Gasteiger partial charge in [-0.15, -0.1) is 0 Å². The van der Waals surface area contributed by atoms with Crippen LogP contribution in [0.2, 0.25) is 5.02 Å². The third kappa shape index (κ3) is 4.54. The second-order valence-electron chi connectivity index (χ2n) is 7.31. The number of H-pyrrole nitrogens is 1. The van der Waals surface area contributed by atoms with Crippen LogP contribution in [0.25, 0.3) is 0 Å². The number of nitrogens with one attached hydrogen (secondary N) is 1. The summed E-state index contributed by atoms with van der Waals surface area (Å²) in [6.45, 7) is 0.413. The molecule has 8 nitrogen and oxygen atoms in total. The summed E-state index contributed by atoms with van der Waals surface area (Å²) in [5, 5.41) is 0.661. The van der Waals surface area contributed by atoms with E-state index < -0.39 is 11.2 Å². The van der Waals surface area contributed by atoms with Gasteiger partial charge in [0.05, 0.1) is 6.20 Å². The number of aromatic nitrogens is 3. The zero-order valence-corrected chi connectivity index (χ0v) is 17.0. The van der Waals surface area contributed by atoms with Gasteiger partial charge in [0, 0.05) is 30.3 Å². The average Bonchev–Trinajstić information content (AvgIpc) is 3.18. The minimum Gasteiger partial charge on any atom is -0.443 e. The molecule has 0 spiro atoms. The van der Waals surface area contributed by atoms with Gasteiger partial charge < -0.3 is 9.32 Å². The van der Waals surface area contributed by atoms with E-state index in [1.165, 1.54) is 16.8 Å². The Labute approximate surface area is 177 Å². The van der Waals surface area contributed by atoms with Crippen molar-refractivity contribution in [2.45, 2.75) is 38.3 Å². The molecule has 30 heavy (non-hydrogen) atoms. The quantitative estimate of drug-likeness (QED) is 0.672. The Morgan fingerprint density at radius 1 is 1.27 bits per heavy atom. The Bertz CT molecular complexity index is 1170. The fourth-order valence-corrected chi connectivity index (χ4v) is 3.91. The van der Waals surface area contributed by atoms with E-state index in [1.54, 1.807) is 11.1 Å². The summed E-state index contributed by atoms with van der Waals surface area (Å²) in [5.41, 5.74) is -0.0878. The fraction of sp³-hybridized carbons (Fsp3) is 0.333. The molecule has 0 unspecified atom stereocenters. The minimum atomic E-state index is -0.607. The molecule has 0 radical (unpaired) electrons. The van der Waals surface area contributed by atoms with Gasteiger partial charge in [-0.25, -0.2) is 9.78 Å². The smallest absolute Gasteiger partial charge is 0.328 e. The molecule has 0 saturated carbocycles. The van der Waals surface area contributed by atoms with Crippen molar-refractivity contribution in [1.29, 1.82) is 0 Å². The minimum absolute atomic E-state index is 0.151. The first-order valence-electron chi connectivity index (χ1n) is 9.78. The van der Waals surface area contributed by atoms with Crippen LogP contribution in [-0.2, 0) is 17.8 Å². The van der Waals surface area contributed by atoms with Crippen LogP contribution < -0.4 is 11.2 Å². The SMILES string of the molecule is O=C(Cn1ccc(=O)[nH]c1=O)N1CCCC[C@H]1c1ncc(Cc2cccc(Cl)c2)o1. The molecule has 1 aliphatic heterocycles. The van der Waals surface area contributed by atoms with Crippen LogP contribution in [0.15, 0.2) is 56.7 Å². The number of rotatable bonds is 5. The van der Waals surface area contributed by atoms with Gasteiger partial charge in [-0.2, -0.15) is 0 Å². The highest BCUT2D eigenvalue weighted by Crippen LogP contribution is 2.31. The van der Waals surface area contributed by atoms with Crippen LogP contribution in [0.3, 0.4) is 0 Å². The first-order valence-corrected chi connectivity index (χ1v) is 10.2. The molecule has 2 aromatic heterocycles. The molecule has 1 atom stereocenters. The maximum Gasteiger partial charge on any atom is 0.328 e. The third-order valence-electron chi connectivity index (χ3n) is 5.15. The van der Waals surface area contributed by atoms with E-state index in [1.807, 2.05) is 24.3 Å². The Kier molecular flexibility index (Phi) is 5.85. The molecular formula is C21H21ClN4O4. The normalized spacial score (nSPS) is 16.6. The molecule has 4 rings (SSSR count). The zero-order chi connectivity index (χ0) is 21.1. The van der Waals surface area contributed by atoms with E-state index in [2.05, 4.69) is 9.97 Å². The predicted octanol–water partition coefficient (Wildman–Crippen LogP) is 2.52. The predicted molar refractivity (Wildman–Crippen MR) is 110 cm³/mol. The van der Waals surface area contributed by atoms with Crippen LogP contribution in [0.5, 0.6) is 0 Å². The summed E-state index contributed by atoms with van der Waals surface area (Å²) in [6.07, 6.45) is 6.13. The van der Waals surface area contributed by atoms with E-state index >= 15 is 0 Å². The van der Waals surface area contributed by atoms with E-state index in [0.717, 1.165) is 24.8 Å². The number of piperidine rings is 1. The topological polar surface area (TPSA) is 101 Å². The van der Waals surface area contributed by atoms with Crippen LogP contribution in [0.1, 0.15) is 42.5 Å². The number of oxazole rings is 1. The van der Waals surface area contributed by atoms with Crippen molar-refractivity contribution < 1.29 is 9.21 Å². The first-order chi connectivity index (χ1) is 14.5. The van der Waals surface area contributed by atoms with Crippen LogP contribution in [-0.4, -0.2) is 31.9 Å². The molecule has 3 heterocycles. The molecule has 1 aromatic carbocycles. The highest BCUT2D eigenvalue weighted by molar-refractivity contribution is 6.30. The van der Waals surface area contributed by atoms with Crippen molar-refractivity contribution in [3.8, 4) is 0 Å². The number of benzene rings is 1. The standard InChI is InChI=1S/C21H21ClN4O4/c22-15-5-3-4-14(10-15)11-16-12-23-20(30-16)17-6-1-2-8-26(17)19(28)13-25-9-7-18(27)24-21(25)29/h3-5,7,9-10,12,17H,1-2,6,8,11,13H2,(H,24,27,29)/t17-/m0/s1. The Balaban J connectivity index is 1.51. The van der Waals surface area contributed by atoms with Crippen molar-refractivity contribution in [2.24, 2.45) is 0 Å². The van der Waals surface area contributed by atoms with Gasteiger partial charge in [0.15, 0.2) is 0 Å². The van der Waals surface area contributed by atoms with Crippen molar-refractivity contribution in [3.63, 3.8) is 0 Å². The summed E-state index contributed by atoms with van der Waals surface area (Å²) in [7, 11) is 0. The van der Waals surface area contributed by atoms with Gasteiger partial charge in [-0.1, -0.05) is 23.7 Å². The molecule has 1 amide bonds. The number of carbonyl (C=O) groups is 1. The maximum atomic E-state index is 12.9. The summed E-state index contributed by atoms with van der Waals surface area (Å²) in [4.78, 5) is 44.3. The number of hydrogen-bond acceptors (Lipinski definition) is 5. The highest BCUT2D eigenvalue weighted by atomic mass is 35.5. The van der Waals surface area contributed by atoms with Gasteiger partial charge in [-0.05, 0) is 37.0 Å². The van der Waals surface area contributed by atoms with Crippen molar-refractivity contribution in [2.75, 3.05) is 6.54 Å². The van der Waals surface area contributed by atoms with Crippen LogP contribution >= 0.6 is 11.6 Å². The average molecular weight is 429 g/mol. The Hall–Kier alpha value is -3.13. The maximum absolute atomic E-state index is 12.9. The number of amides is 1.